The monoisotopic (exact) mass is 1340 g/mol. The van der Waals surface area contributed by atoms with Crippen LogP contribution in [-0.2, 0) is 66.3 Å². The summed E-state index contributed by atoms with van der Waals surface area (Å²) in [5, 5.41) is 230. The van der Waals surface area contributed by atoms with E-state index in [0.717, 1.165) is 12.5 Å². The largest absolute Gasteiger partial charge is 0.394 e. The molecule has 92 heavy (non-hydrogen) atoms. The van der Waals surface area contributed by atoms with Crippen LogP contribution in [0.25, 0.3) is 0 Å². The molecular weight excluding hydrogens is 1250 g/mol. The molecule has 0 aromatic heterocycles. The number of hydrogen-bond donors (Lipinski definition) is 22. The van der Waals surface area contributed by atoms with Gasteiger partial charge >= 0.3 is 0 Å². The highest BCUT2D eigenvalue weighted by Crippen LogP contribution is 2.67. The van der Waals surface area contributed by atoms with Gasteiger partial charge in [0.05, 0.1) is 46.2 Å². The van der Waals surface area contributed by atoms with Crippen LogP contribution in [-0.4, -0.2) is 400 Å². The molecule has 23 rings (SSSR count). The summed E-state index contributed by atoms with van der Waals surface area (Å²) in [6, 6.07) is 0.397. The Balaban J connectivity index is 0.000000581. The Bertz CT molecular complexity index is 1950. The van der Waals surface area contributed by atoms with Gasteiger partial charge in [-0.2, -0.15) is 0 Å². The maximum atomic E-state index is 11.3. The Morgan fingerprint density at radius 3 is 0.641 bits per heavy atom. The first-order valence-corrected chi connectivity index (χ1v) is 30.8. The summed E-state index contributed by atoms with van der Waals surface area (Å²) in [4.78, 5) is 2.30. The molecule has 39 atom stereocenters. The minimum Gasteiger partial charge on any atom is -0.394 e. The molecule has 0 radical (unpaired) electrons. The van der Waals surface area contributed by atoms with E-state index in [4.69, 9.17) is 72.0 Å². The molecule has 16 bridgehead atoms. The molecule has 0 spiro atoms. The molecule has 23 aliphatic rings. The average molecular weight is 1350 g/mol. The Hall–Kier alpha value is -1.48. The highest BCUT2D eigenvalue weighted by atomic mass is 16.8. The van der Waals surface area contributed by atoms with Crippen LogP contribution < -0.4 is 5.73 Å². The minimum atomic E-state index is -2.21. The molecule has 2 aliphatic carbocycles. The van der Waals surface area contributed by atoms with Gasteiger partial charge in [0.25, 0.3) is 0 Å². The zero-order chi connectivity index (χ0) is 67.5. The third-order valence-corrected chi connectivity index (χ3v) is 20.4. The quantitative estimate of drug-likeness (QED) is 0.102. The Labute approximate surface area is 527 Å². The average Bonchev–Trinajstić information content (AvgIpc) is 1.54. The fourth-order valence-corrected chi connectivity index (χ4v) is 14.7. The van der Waals surface area contributed by atoms with E-state index in [1.54, 1.807) is 0 Å². The number of aliphatic hydroxyl groups is 21. The molecule has 536 valence electrons. The smallest absolute Gasteiger partial charge is 0.187 e. The normalized spacial score (nSPS) is 54.1. The van der Waals surface area contributed by atoms with E-state index in [1.807, 2.05) is 0 Å². The molecule has 37 heteroatoms. The van der Waals surface area contributed by atoms with Crippen molar-refractivity contribution in [1.82, 2.24) is 4.90 Å². The number of nitrogens with zero attached hydrogens (tertiary/aromatic N) is 1. The predicted octanol–water partition coefficient (Wildman–Crippen LogP) is -13.3. The van der Waals surface area contributed by atoms with E-state index in [0.29, 0.717) is 22.8 Å². The number of hydrogen-bond acceptors (Lipinski definition) is 37. The summed E-state index contributed by atoms with van der Waals surface area (Å²) in [6.45, 7) is 1.10. The summed E-state index contributed by atoms with van der Waals surface area (Å²) in [7, 11) is 4.32. The van der Waals surface area contributed by atoms with Gasteiger partial charge in [-0.15, -0.1) is 0 Å². The number of ether oxygens (including phenoxy) is 14. The van der Waals surface area contributed by atoms with Crippen LogP contribution in [0, 0.1) is 22.7 Å². The van der Waals surface area contributed by atoms with Gasteiger partial charge in [-0.3, -0.25) is 0 Å². The van der Waals surface area contributed by atoms with Crippen LogP contribution in [0.1, 0.15) is 33.6 Å². The second-order valence-electron chi connectivity index (χ2n) is 26.4. The molecule has 0 aromatic carbocycles. The van der Waals surface area contributed by atoms with Crippen molar-refractivity contribution >= 4 is 0 Å². The molecule has 23 N–H and O–H groups in total. The molecule has 2 saturated carbocycles. The van der Waals surface area contributed by atoms with Crippen molar-refractivity contribution in [3.8, 4) is 0 Å². The van der Waals surface area contributed by atoms with E-state index in [1.165, 1.54) is 12.8 Å². The second-order valence-corrected chi connectivity index (χ2v) is 26.4. The summed E-state index contributed by atoms with van der Waals surface area (Å²) in [5.41, 5.74) is 7.31. The van der Waals surface area contributed by atoms with Crippen molar-refractivity contribution < 1.29 is 174 Å². The molecule has 21 saturated heterocycles. The molecule has 21 heterocycles. The van der Waals surface area contributed by atoms with Crippen LogP contribution in [0.15, 0.2) is 0 Å². The first-order chi connectivity index (χ1) is 43.5. The van der Waals surface area contributed by atoms with Crippen LogP contribution >= 0.6 is 0 Å². The van der Waals surface area contributed by atoms with Crippen molar-refractivity contribution in [3.63, 3.8) is 0 Å². The van der Waals surface area contributed by atoms with Gasteiger partial charge in [0, 0.05) is 12.6 Å². The lowest BCUT2D eigenvalue weighted by Gasteiger charge is -2.50. The zero-order valence-electron chi connectivity index (χ0n) is 51.1. The molecule has 0 unspecified atom stereocenters. The number of fused-ring (bicyclic) bond motifs is 2. The van der Waals surface area contributed by atoms with Gasteiger partial charge in [-0.05, 0) is 49.6 Å². The van der Waals surface area contributed by atoms with Crippen molar-refractivity contribution in [3.05, 3.63) is 0 Å². The number of nitrogens with two attached hydrogens (primary N) is 1. The van der Waals surface area contributed by atoms with Crippen molar-refractivity contribution in [2.24, 2.45) is 28.4 Å². The van der Waals surface area contributed by atoms with E-state index in [-0.39, 0.29) is 0 Å². The van der Waals surface area contributed by atoms with E-state index in [2.05, 4.69) is 39.8 Å². The Morgan fingerprint density at radius 1 is 0.315 bits per heavy atom. The third-order valence-electron chi connectivity index (χ3n) is 20.4. The zero-order valence-corrected chi connectivity index (χ0v) is 51.1. The lowest BCUT2D eigenvalue weighted by Crippen LogP contribution is -2.68. The molecule has 0 amide bonds. The fraction of sp³-hybridized carbons (Fsp3) is 1.00. The molecular formula is C55H96N2O35. The molecule has 23 fully saturated rings. The second kappa shape index (κ2) is 30.6. The Kier molecular flexibility index (Phi) is 24.8. The van der Waals surface area contributed by atoms with Crippen LogP contribution in [0.2, 0.25) is 0 Å². The SMILES string of the molecule is CN(C)C[C@H]1[C@H]2CC[C@@](C)([C@H]1N)C2(C)C.OC[C@@H]1O[C@@H]2O[C@H]3[C@@H](O)[C@H](O)[C@@H](O[C@H]4[C@@H](O)[C@H](O)[C@@H](O[C@H]5[C@@H](O)[C@H](O)[C@@H](O[C@H]6[C@H](O)[C@@H](O)[C@@H](O[C@H]7[C@H](O)[C@@H](O)[C@@H](O[C@H]8[C@H](O)[C@@H](O)[C@@H](O[C@H]1[C@H](O)[C@H]2O)O[C@@H]8CO)O[C@@H]7CO)O[C@@H]6CO)O[C@@H]5CO)O[C@@H]4CO)O[C@@H]3CO. The molecule has 0 aromatic rings. The van der Waals surface area contributed by atoms with Crippen molar-refractivity contribution in [1.29, 1.82) is 0 Å². The summed E-state index contributed by atoms with van der Waals surface area (Å²) in [6.07, 6.45) is -67.5. The highest BCUT2D eigenvalue weighted by molar-refractivity contribution is 5.16. The minimum absolute atomic E-state index is 0.373. The van der Waals surface area contributed by atoms with Crippen LogP contribution in [0.3, 0.4) is 0 Å². The van der Waals surface area contributed by atoms with E-state index < -0.39 is 261 Å². The van der Waals surface area contributed by atoms with Gasteiger partial charge < -0.3 is 184 Å². The van der Waals surface area contributed by atoms with Crippen molar-refractivity contribution in [2.45, 2.75) is 255 Å². The van der Waals surface area contributed by atoms with Gasteiger partial charge in [-0.25, -0.2) is 0 Å². The number of rotatable bonds is 9. The summed E-state index contributed by atoms with van der Waals surface area (Å²) < 4.78 is 79.5. The van der Waals surface area contributed by atoms with Gasteiger partial charge in [0.15, 0.2) is 44.0 Å². The first kappa shape index (κ1) is 74.7. The van der Waals surface area contributed by atoms with E-state index in [9.17, 15) is 107 Å². The lowest BCUT2D eigenvalue weighted by atomic mass is 9.69. The van der Waals surface area contributed by atoms with Gasteiger partial charge in [0.2, 0.25) is 0 Å². The van der Waals surface area contributed by atoms with Crippen molar-refractivity contribution in [2.75, 3.05) is 66.9 Å². The highest BCUT2D eigenvalue weighted by Gasteiger charge is 2.65. The standard InChI is InChI=1S/C42H70O35.C13H26N2/c43-1-8-29-15(50)22(57)36(64-8)72-30-9(2-44)66-38(24(59)17(30)52)74-32-11(4-46)68-40(26(61)19(32)54)76-34-13(6-48)70-42(28(63)21(34)56)77-35-14(7-49)69-41(27(62)20(35)55)75-33-12(5-47)67-39(25(60)18(33)53)73-31-10(3-45)65-37(71-29)23(58)16(31)51;1-12(2)10-6-7-13(12,3)11(14)9(10)8-15(4)5/h8-63H,1-7H2;9-11H,6-8,14H2,1-5H3/t8-,9-,10-,11-,12-,13-,14+,15+,16+,17-,18+,19-,20-,21-,22+,23+,24-,25+,26-,27-,28-,29-,30-,31-,32-,33-,34-,35-,36-,37-,38-,39-,40-,41-,42-;9-,10+,11-,13-/m10/s1. The summed E-state index contributed by atoms with van der Waals surface area (Å²) >= 11 is 0. The lowest BCUT2D eigenvalue weighted by molar-refractivity contribution is -0.396. The predicted molar refractivity (Wildman–Crippen MR) is 293 cm³/mol. The molecule has 37 nitrogen and oxygen atoms in total. The number of aliphatic hydroxyl groups excluding tert-OH is 21. The van der Waals surface area contributed by atoms with Gasteiger partial charge in [0.1, 0.15) is 171 Å². The third kappa shape index (κ3) is 14.1. The Morgan fingerprint density at radius 2 is 0.500 bits per heavy atom. The topological polar surface area (TPSA) is 583 Å². The van der Waals surface area contributed by atoms with Crippen LogP contribution in [0.4, 0.5) is 0 Å². The van der Waals surface area contributed by atoms with Gasteiger partial charge in [-0.1, -0.05) is 20.8 Å². The van der Waals surface area contributed by atoms with Crippen LogP contribution in [0.5, 0.6) is 0 Å². The fourth-order valence-electron chi connectivity index (χ4n) is 14.7. The maximum absolute atomic E-state index is 11.3. The summed E-state index contributed by atoms with van der Waals surface area (Å²) in [5.74, 6) is 1.54. The van der Waals surface area contributed by atoms with E-state index >= 15 is 0 Å². The first-order valence-electron chi connectivity index (χ1n) is 30.8. The maximum Gasteiger partial charge on any atom is 0.187 e. The molecule has 21 aliphatic heterocycles.